The monoisotopic (exact) mass is 238 g/mol. The Balaban J connectivity index is 2.15. The first-order valence-electron chi connectivity index (χ1n) is 6.23. The predicted octanol–water partition coefficient (Wildman–Crippen LogP) is 1.82. The summed E-state index contributed by atoms with van der Waals surface area (Å²) in [7, 11) is 0. The molecule has 0 spiro atoms. The minimum atomic E-state index is -0.866. The summed E-state index contributed by atoms with van der Waals surface area (Å²) in [5.41, 5.74) is -0.364. The number of rotatable bonds is 3. The topological polar surface area (TPSA) is 71.4 Å². The van der Waals surface area contributed by atoms with Crippen LogP contribution in [0.2, 0.25) is 0 Å². The smallest absolute Gasteiger partial charge is 0.303 e. The van der Waals surface area contributed by atoms with E-state index in [2.05, 4.69) is 0 Å². The lowest BCUT2D eigenvalue weighted by molar-refractivity contribution is -0.139. The van der Waals surface area contributed by atoms with Gasteiger partial charge in [0.1, 0.15) is 11.6 Å². The molecule has 2 rings (SSSR count). The SMILES string of the molecule is C[C@]12CCC(=O)[C@@H](CCC(=O)O)[C@H]1CCC2=O. The molecular weight excluding hydrogens is 220 g/mol. The molecule has 0 aliphatic heterocycles. The number of carbonyl (C=O) groups is 3. The molecule has 3 atom stereocenters. The van der Waals surface area contributed by atoms with Crippen LogP contribution in [0.3, 0.4) is 0 Å². The summed E-state index contributed by atoms with van der Waals surface area (Å²) < 4.78 is 0. The van der Waals surface area contributed by atoms with Gasteiger partial charge >= 0.3 is 5.97 Å². The van der Waals surface area contributed by atoms with Crippen LogP contribution < -0.4 is 0 Å². The highest BCUT2D eigenvalue weighted by Gasteiger charge is 2.53. The summed E-state index contributed by atoms with van der Waals surface area (Å²) >= 11 is 0. The van der Waals surface area contributed by atoms with Gasteiger partial charge in [-0.25, -0.2) is 0 Å². The fraction of sp³-hybridized carbons (Fsp3) is 0.769. The Bertz CT molecular complexity index is 374. The van der Waals surface area contributed by atoms with Crippen LogP contribution in [-0.4, -0.2) is 22.6 Å². The normalized spacial score (nSPS) is 37.0. The van der Waals surface area contributed by atoms with Gasteiger partial charge in [0.2, 0.25) is 0 Å². The lowest BCUT2D eigenvalue weighted by Gasteiger charge is -2.39. The second kappa shape index (κ2) is 4.24. The molecule has 0 aromatic heterocycles. The molecule has 17 heavy (non-hydrogen) atoms. The minimum Gasteiger partial charge on any atom is -0.481 e. The van der Waals surface area contributed by atoms with E-state index in [1.807, 2.05) is 6.92 Å². The van der Waals surface area contributed by atoms with E-state index in [1.165, 1.54) is 0 Å². The number of aliphatic carboxylic acids is 1. The summed E-state index contributed by atoms with van der Waals surface area (Å²) in [5, 5.41) is 8.71. The molecule has 2 aliphatic carbocycles. The maximum Gasteiger partial charge on any atom is 0.303 e. The van der Waals surface area contributed by atoms with Gasteiger partial charge in [-0.1, -0.05) is 6.92 Å². The first-order chi connectivity index (χ1) is 7.95. The van der Waals surface area contributed by atoms with Gasteiger partial charge in [0.05, 0.1) is 0 Å². The Morgan fingerprint density at radius 3 is 2.76 bits per heavy atom. The van der Waals surface area contributed by atoms with Crippen molar-refractivity contribution in [1.29, 1.82) is 0 Å². The fourth-order valence-electron chi connectivity index (χ4n) is 3.50. The maximum atomic E-state index is 11.9. The summed E-state index contributed by atoms with van der Waals surface area (Å²) in [5.74, 6) is -0.583. The van der Waals surface area contributed by atoms with E-state index < -0.39 is 5.97 Å². The molecule has 2 aliphatic rings. The summed E-state index contributed by atoms with van der Waals surface area (Å²) in [6.45, 7) is 1.95. The van der Waals surface area contributed by atoms with Crippen LogP contribution in [0.4, 0.5) is 0 Å². The van der Waals surface area contributed by atoms with Crippen LogP contribution in [-0.2, 0) is 14.4 Å². The highest BCUT2D eigenvalue weighted by atomic mass is 16.4. The highest BCUT2D eigenvalue weighted by Crippen LogP contribution is 2.52. The van der Waals surface area contributed by atoms with E-state index in [9.17, 15) is 14.4 Å². The zero-order valence-electron chi connectivity index (χ0n) is 10.1. The third kappa shape index (κ3) is 2.01. The molecule has 0 heterocycles. The second-order valence-electron chi connectivity index (χ2n) is 5.49. The maximum absolute atomic E-state index is 11.9. The van der Waals surface area contributed by atoms with E-state index in [1.54, 1.807) is 0 Å². The second-order valence-corrected chi connectivity index (χ2v) is 5.49. The summed E-state index contributed by atoms with van der Waals surface area (Å²) in [4.78, 5) is 34.4. The Labute approximate surface area is 100 Å². The highest BCUT2D eigenvalue weighted by molar-refractivity contribution is 5.92. The molecule has 0 saturated heterocycles. The van der Waals surface area contributed by atoms with Gasteiger partial charge in [0.15, 0.2) is 0 Å². The van der Waals surface area contributed by atoms with E-state index in [0.29, 0.717) is 25.7 Å². The number of hydrogen-bond donors (Lipinski definition) is 1. The Hall–Kier alpha value is -1.19. The van der Waals surface area contributed by atoms with Crippen molar-refractivity contribution in [3.63, 3.8) is 0 Å². The van der Waals surface area contributed by atoms with Crippen molar-refractivity contribution >= 4 is 17.5 Å². The molecule has 4 nitrogen and oxygen atoms in total. The predicted molar refractivity (Wildman–Crippen MR) is 60.4 cm³/mol. The quantitative estimate of drug-likeness (QED) is 0.814. The van der Waals surface area contributed by atoms with Crippen molar-refractivity contribution in [2.24, 2.45) is 17.3 Å². The average molecular weight is 238 g/mol. The Morgan fingerprint density at radius 1 is 1.41 bits per heavy atom. The zero-order chi connectivity index (χ0) is 12.6. The van der Waals surface area contributed by atoms with E-state index in [0.717, 1.165) is 6.42 Å². The van der Waals surface area contributed by atoms with Crippen LogP contribution in [0, 0.1) is 17.3 Å². The van der Waals surface area contributed by atoms with Gasteiger partial charge in [0.25, 0.3) is 0 Å². The van der Waals surface area contributed by atoms with Gasteiger partial charge in [-0.2, -0.15) is 0 Å². The largest absolute Gasteiger partial charge is 0.481 e. The summed E-state index contributed by atoms with van der Waals surface area (Å²) in [6.07, 6.45) is 2.81. The molecule has 0 unspecified atom stereocenters. The number of ketones is 2. The summed E-state index contributed by atoms with van der Waals surface area (Å²) in [6, 6.07) is 0. The van der Waals surface area contributed by atoms with E-state index >= 15 is 0 Å². The van der Waals surface area contributed by atoms with Gasteiger partial charge in [-0.3, -0.25) is 14.4 Å². The fourth-order valence-corrected chi connectivity index (χ4v) is 3.50. The van der Waals surface area contributed by atoms with Crippen molar-refractivity contribution in [3.05, 3.63) is 0 Å². The lowest BCUT2D eigenvalue weighted by atomic mass is 9.62. The lowest BCUT2D eigenvalue weighted by Crippen LogP contribution is -2.42. The number of hydrogen-bond acceptors (Lipinski definition) is 3. The minimum absolute atomic E-state index is 0.0250. The third-order valence-corrected chi connectivity index (χ3v) is 4.60. The Morgan fingerprint density at radius 2 is 2.12 bits per heavy atom. The van der Waals surface area contributed by atoms with Crippen LogP contribution >= 0.6 is 0 Å². The van der Waals surface area contributed by atoms with Crippen molar-refractivity contribution in [2.45, 2.75) is 45.4 Å². The molecule has 2 fully saturated rings. The number of fused-ring (bicyclic) bond motifs is 1. The Kier molecular flexibility index (Phi) is 3.06. The first-order valence-corrected chi connectivity index (χ1v) is 6.23. The van der Waals surface area contributed by atoms with Crippen LogP contribution in [0.5, 0.6) is 0 Å². The number of carboxylic acids is 1. The van der Waals surface area contributed by atoms with Gasteiger partial charge in [0, 0.05) is 30.6 Å². The first kappa shape index (κ1) is 12.3. The van der Waals surface area contributed by atoms with Gasteiger partial charge in [-0.15, -0.1) is 0 Å². The number of carboxylic acid groups (broad SMARTS) is 1. The molecule has 0 radical (unpaired) electrons. The molecule has 2 saturated carbocycles. The average Bonchev–Trinajstić information content (AvgIpc) is 2.55. The van der Waals surface area contributed by atoms with Crippen molar-refractivity contribution in [2.75, 3.05) is 0 Å². The van der Waals surface area contributed by atoms with Crippen molar-refractivity contribution in [1.82, 2.24) is 0 Å². The molecule has 4 heteroatoms. The molecular formula is C13H18O4. The van der Waals surface area contributed by atoms with E-state index in [4.69, 9.17) is 5.11 Å². The molecule has 0 bridgehead atoms. The third-order valence-electron chi connectivity index (χ3n) is 4.60. The van der Waals surface area contributed by atoms with Crippen molar-refractivity contribution in [3.8, 4) is 0 Å². The molecule has 0 aromatic rings. The van der Waals surface area contributed by atoms with Gasteiger partial charge < -0.3 is 5.11 Å². The van der Waals surface area contributed by atoms with E-state index in [-0.39, 0.29) is 35.2 Å². The van der Waals surface area contributed by atoms with Crippen LogP contribution in [0.1, 0.15) is 45.4 Å². The van der Waals surface area contributed by atoms with Crippen molar-refractivity contribution < 1.29 is 19.5 Å². The van der Waals surface area contributed by atoms with Gasteiger partial charge in [-0.05, 0) is 25.2 Å². The molecule has 0 aromatic carbocycles. The molecule has 0 amide bonds. The zero-order valence-corrected chi connectivity index (χ0v) is 10.1. The van der Waals surface area contributed by atoms with Crippen LogP contribution in [0.15, 0.2) is 0 Å². The number of carbonyl (C=O) groups excluding carboxylic acids is 2. The molecule has 94 valence electrons. The number of Topliss-reactive ketones (excluding diaryl/α,β-unsaturated/α-hetero) is 2. The van der Waals surface area contributed by atoms with Crippen LogP contribution in [0.25, 0.3) is 0 Å². The molecule has 1 N–H and O–H groups in total. The standard InChI is InChI=1S/C13H18O4/c1-13-7-6-10(14)8(2-5-12(16)17)9(13)3-4-11(13)15/h8-9H,2-7H2,1H3,(H,16,17)/t8-,9+,13-/m0/s1.